The summed E-state index contributed by atoms with van der Waals surface area (Å²) in [5, 5.41) is 8.23. The van der Waals surface area contributed by atoms with Crippen molar-refractivity contribution in [2.75, 3.05) is 5.75 Å². The van der Waals surface area contributed by atoms with Crippen LogP contribution in [-0.2, 0) is 9.84 Å². The smallest absolute Gasteiger partial charge is 0.153 e. The Kier molecular flexibility index (Phi) is 4.59. The van der Waals surface area contributed by atoms with Gasteiger partial charge in [0, 0.05) is 6.42 Å². The van der Waals surface area contributed by atoms with Crippen LogP contribution in [0.2, 0.25) is 0 Å². The Morgan fingerprint density at radius 3 is 2.73 bits per heavy atom. The van der Waals surface area contributed by atoms with Crippen molar-refractivity contribution >= 4 is 9.84 Å². The van der Waals surface area contributed by atoms with Crippen LogP contribution in [0.1, 0.15) is 45.4 Å². The van der Waals surface area contributed by atoms with E-state index in [0.717, 1.165) is 25.7 Å². The number of rotatable bonds is 4. The van der Waals surface area contributed by atoms with E-state index in [9.17, 15) is 8.42 Å². The Balaban J connectivity index is 2.49. The highest BCUT2D eigenvalue weighted by Crippen LogP contribution is 2.28. The van der Waals surface area contributed by atoms with Crippen molar-refractivity contribution in [1.29, 1.82) is 5.26 Å². The van der Waals surface area contributed by atoms with E-state index in [1.165, 1.54) is 0 Å². The van der Waals surface area contributed by atoms with Crippen molar-refractivity contribution in [3.05, 3.63) is 0 Å². The first kappa shape index (κ1) is 12.5. The molecule has 4 heteroatoms. The van der Waals surface area contributed by atoms with Crippen LogP contribution < -0.4 is 0 Å². The summed E-state index contributed by atoms with van der Waals surface area (Å²) in [6.45, 7) is 2.12. The normalized spacial score (nSPS) is 27.2. The summed E-state index contributed by atoms with van der Waals surface area (Å²) in [5.41, 5.74) is 0. The van der Waals surface area contributed by atoms with E-state index in [4.69, 9.17) is 5.26 Å². The van der Waals surface area contributed by atoms with Gasteiger partial charge in [0.05, 0.1) is 17.1 Å². The third-order valence-corrected chi connectivity index (χ3v) is 5.42. The minimum Gasteiger partial charge on any atom is -0.229 e. The lowest BCUT2D eigenvalue weighted by molar-refractivity contribution is 0.382. The van der Waals surface area contributed by atoms with Crippen LogP contribution in [-0.4, -0.2) is 19.4 Å². The summed E-state index contributed by atoms with van der Waals surface area (Å²) in [4.78, 5) is 0. The average molecular weight is 229 g/mol. The van der Waals surface area contributed by atoms with Crippen LogP contribution in [0, 0.1) is 17.2 Å². The van der Waals surface area contributed by atoms with Gasteiger partial charge >= 0.3 is 0 Å². The first-order chi connectivity index (χ1) is 7.06. The number of sulfone groups is 1. The summed E-state index contributed by atoms with van der Waals surface area (Å²) < 4.78 is 23.8. The lowest BCUT2D eigenvalue weighted by atomic mass is 9.91. The number of hydrogen-bond donors (Lipinski definition) is 0. The molecule has 15 heavy (non-hydrogen) atoms. The Hall–Kier alpha value is -0.560. The van der Waals surface area contributed by atoms with E-state index in [2.05, 4.69) is 6.92 Å². The molecule has 0 aromatic rings. The van der Waals surface area contributed by atoms with Crippen molar-refractivity contribution in [2.24, 2.45) is 5.92 Å². The fraction of sp³-hybridized carbons (Fsp3) is 0.909. The maximum absolute atomic E-state index is 11.9. The molecule has 0 saturated heterocycles. The molecule has 1 saturated carbocycles. The van der Waals surface area contributed by atoms with E-state index in [-0.39, 0.29) is 11.0 Å². The molecule has 0 heterocycles. The third-order valence-electron chi connectivity index (χ3n) is 3.11. The minimum atomic E-state index is -2.94. The maximum atomic E-state index is 11.9. The van der Waals surface area contributed by atoms with Gasteiger partial charge < -0.3 is 0 Å². The molecule has 0 aromatic carbocycles. The lowest BCUT2D eigenvalue weighted by Crippen LogP contribution is -2.29. The summed E-state index contributed by atoms with van der Waals surface area (Å²) in [6.07, 6.45) is 4.66. The van der Waals surface area contributed by atoms with Gasteiger partial charge in [0.2, 0.25) is 0 Å². The van der Waals surface area contributed by atoms with E-state index in [0.29, 0.717) is 18.8 Å². The van der Waals surface area contributed by atoms with E-state index in [1.807, 2.05) is 6.07 Å². The molecule has 0 N–H and O–H groups in total. The molecule has 0 amide bonds. The number of hydrogen-bond acceptors (Lipinski definition) is 3. The molecule has 1 rings (SSSR count). The molecule has 0 aliphatic heterocycles. The predicted octanol–water partition coefficient (Wildman–Crippen LogP) is 2.28. The van der Waals surface area contributed by atoms with Gasteiger partial charge in [-0.3, -0.25) is 0 Å². The second-order valence-electron chi connectivity index (χ2n) is 4.52. The second-order valence-corrected chi connectivity index (χ2v) is 6.92. The van der Waals surface area contributed by atoms with Gasteiger partial charge in [0.15, 0.2) is 9.84 Å². The molecule has 3 nitrogen and oxygen atoms in total. The van der Waals surface area contributed by atoms with Gasteiger partial charge in [0.1, 0.15) is 0 Å². The van der Waals surface area contributed by atoms with Crippen molar-refractivity contribution < 1.29 is 8.42 Å². The highest BCUT2D eigenvalue weighted by Gasteiger charge is 2.29. The monoisotopic (exact) mass is 229 g/mol. The molecular formula is C11H19NO2S. The number of unbranched alkanes of at least 4 members (excludes halogenated alkanes) is 1. The van der Waals surface area contributed by atoms with Crippen LogP contribution in [0.3, 0.4) is 0 Å². The molecule has 0 radical (unpaired) electrons. The van der Waals surface area contributed by atoms with Gasteiger partial charge in [-0.05, 0) is 25.2 Å². The summed E-state index contributed by atoms with van der Waals surface area (Å²) in [6, 6.07) is 1.99. The summed E-state index contributed by atoms with van der Waals surface area (Å²) in [7, 11) is -2.94. The van der Waals surface area contributed by atoms with Crippen LogP contribution in [0.5, 0.6) is 0 Å². The highest BCUT2D eigenvalue weighted by molar-refractivity contribution is 7.92. The van der Waals surface area contributed by atoms with Crippen molar-refractivity contribution in [1.82, 2.24) is 0 Å². The van der Waals surface area contributed by atoms with Crippen LogP contribution >= 0.6 is 0 Å². The fourth-order valence-corrected chi connectivity index (χ4v) is 4.25. The van der Waals surface area contributed by atoms with Crippen LogP contribution in [0.25, 0.3) is 0 Å². The Morgan fingerprint density at radius 1 is 1.40 bits per heavy atom. The molecular weight excluding hydrogens is 210 g/mol. The predicted molar refractivity (Wildman–Crippen MR) is 60.1 cm³/mol. The van der Waals surface area contributed by atoms with E-state index >= 15 is 0 Å². The third kappa shape index (κ3) is 3.83. The van der Waals surface area contributed by atoms with Gasteiger partial charge in [-0.25, -0.2) is 8.42 Å². The Labute approximate surface area is 92.4 Å². The molecule has 2 unspecified atom stereocenters. The molecule has 1 aliphatic carbocycles. The first-order valence-corrected chi connectivity index (χ1v) is 7.36. The largest absolute Gasteiger partial charge is 0.229 e. The molecule has 1 fully saturated rings. The van der Waals surface area contributed by atoms with E-state index < -0.39 is 9.84 Å². The average Bonchev–Trinajstić information content (AvgIpc) is 2.18. The Bertz CT molecular complexity index is 329. The van der Waals surface area contributed by atoms with Gasteiger partial charge in [-0.2, -0.15) is 5.26 Å². The maximum Gasteiger partial charge on any atom is 0.153 e. The fourth-order valence-electron chi connectivity index (χ4n) is 2.22. The second kappa shape index (κ2) is 5.50. The number of nitriles is 1. The molecule has 2 atom stereocenters. The molecule has 86 valence electrons. The molecule has 0 aromatic heterocycles. The van der Waals surface area contributed by atoms with Crippen LogP contribution in [0.15, 0.2) is 0 Å². The van der Waals surface area contributed by atoms with Crippen molar-refractivity contribution in [3.8, 4) is 6.07 Å². The zero-order chi connectivity index (χ0) is 11.3. The summed E-state index contributed by atoms with van der Waals surface area (Å²) >= 11 is 0. The minimum absolute atomic E-state index is 0.139. The lowest BCUT2D eigenvalue weighted by Gasteiger charge is -2.26. The first-order valence-electron chi connectivity index (χ1n) is 5.65. The summed E-state index contributed by atoms with van der Waals surface area (Å²) in [5.74, 6) is 0.729. The molecule has 0 bridgehead atoms. The van der Waals surface area contributed by atoms with Gasteiger partial charge in [0.25, 0.3) is 0 Å². The van der Waals surface area contributed by atoms with Crippen molar-refractivity contribution in [3.63, 3.8) is 0 Å². The van der Waals surface area contributed by atoms with Gasteiger partial charge in [-0.15, -0.1) is 0 Å². The number of nitrogens with zero attached hydrogens (tertiary/aromatic N) is 1. The Morgan fingerprint density at radius 2 is 2.13 bits per heavy atom. The van der Waals surface area contributed by atoms with Crippen molar-refractivity contribution in [2.45, 2.75) is 50.7 Å². The highest BCUT2D eigenvalue weighted by atomic mass is 32.2. The SMILES string of the molecule is CC1CCCC(S(=O)(=O)CCCC#N)C1. The zero-order valence-corrected chi connectivity index (χ0v) is 10.1. The quantitative estimate of drug-likeness (QED) is 0.695. The zero-order valence-electron chi connectivity index (χ0n) is 9.28. The standard InChI is InChI=1S/C11H19NO2S/c1-10-5-4-6-11(9-10)15(13,14)8-3-2-7-12/h10-11H,2-6,8-9H2,1H3. The molecule has 1 aliphatic rings. The van der Waals surface area contributed by atoms with Crippen LogP contribution in [0.4, 0.5) is 0 Å². The van der Waals surface area contributed by atoms with E-state index in [1.54, 1.807) is 0 Å². The topological polar surface area (TPSA) is 57.9 Å². The van der Waals surface area contributed by atoms with Gasteiger partial charge in [-0.1, -0.05) is 19.8 Å². The molecule has 0 spiro atoms.